The van der Waals surface area contributed by atoms with E-state index in [2.05, 4.69) is 28.0 Å². The molecule has 15 heavy (non-hydrogen) atoms. The van der Waals surface area contributed by atoms with Crippen molar-refractivity contribution in [3.63, 3.8) is 0 Å². The lowest BCUT2D eigenvalue weighted by atomic mass is 9.96. The van der Waals surface area contributed by atoms with E-state index in [1.54, 1.807) is 0 Å². The van der Waals surface area contributed by atoms with Crippen LogP contribution in [0.3, 0.4) is 0 Å². The van der Waals surface area contributed by atoms with Gasteiger partial charge >= 0.3 is 0 Å². The van der Waals surface area contributed by atoms with E-state index in [4.69, 9.17) is 4.74 Å². The Morgan fingerprint density at radius 1 is 1.47 bits per heavy atom. The summed E-state index contributed by atoms with van der Waals surface area (Å²) in [6.07, 6.45) is 3.21. The first-order valence-electron chi connectivity index (χ1n) is 5.53. The van der Waals surface area contributed by atoms with Crippen LogP contribution in [0.4, 0.5) is 0 Å². The topological polar surface area (TPSA) is 27.1 Å². The summed E-state index contributed by atoms with van der Waals surface area (Å²) in [6, 6.07) is 0. The van der Waals surface area contributed by atoms with Gasteiger partial charge in [-0.15, -0.1) is 0 Å². The molecular weight excluding hydrogens is 256 g/mol. The minimum atomic E-state index is 0.569. The van der Waals surface area contributed by atoms with E-state index < -0.39 is 0 Å². The van der Waals surface area contributed by atoms with Crippen molar-refractivity contribution in [2.75, 3.05) is 13.2 Å². The van der Waals surface area contributed by atoms with E-state index in [1.807, 2.05) is 11.7 Å². The number of ether oxygens (including phenoxy) is 1. The van der Waals surface area contributed by atoms with Crippen molar-refractivity contribution in [3.8, 4) is 0 Å². The van der Waals surface area contributed by atoms with Crippen molar-refractivity contribution in [1.82, 2.24) is 9.78 Å². The molecule has 2 rings (SSSR count). The molecule has 1 aliphatic rings. The Labute approximate surface area is 98.9 Å². The zero-order valence-corrected chi connectivity index (χ0v) is 10.9. The molecule has 0 unspecified atom stereocenters. The number of aromatic nitrogens is 2. The Morgan fingerprint density at radius 2 is 2.13 bits per heavy atom. The largest absolute Gasteiger partial charge is 0.381 e. The number of halogens is 1. The van der Waals surface area contributed by atoms with Crippen LogP contribution < -0.4 is 0 Å². The van der Waals surface area contributed by atoms with Crippen LogP contribution in [-0.2, 0) is 18.2 Å². The molecule has 2 heterocycles. The molecule has 0 bridgehead atoms. The lowest BCUT2D eigenvalue weighted by Crippen LogP contribution is -2.15. The highest BCUT2D eigenvalue weighted by Gasteiger charge is 2.23. The van der Waals surface area contributed by atoms with Gasteiger partial charge in [0, 0.05) is 26.2 Å². The lowest BCUT2D eigenvalue weighted by Gasteiger charge is -2.20. The predicted octanol–water partition coefficient (Wildman–Crippen LogP) is 2.64. The third-order valence-corrected chi connectivity index (χ3v) is 3.93. The van der Waals surface area contributed by atoms with Crippen molar-refractivity contribution < 1.29 is 4.74 Å². The molecule has 0 N–H and O–H groups in total. The number of rotatable bonds is 2. The number of hydrogen-bond acceptors (Lipinski definition) is 2. The molecule has 0 atom stereocenters. The summed E-state index contributed by atoms with van der Waals surface area (Å²) in [7, 11) is 2.02. The van der Waals surface area contributed by atoms with Gasteiger partial charge in [-0.05, 0) is 35.2 Å². The molecule has 0 aromatic carbocycles. The fourth-order valence-corrected chi connectivity index (χ4v) is 3.11. The third-order valence-electron chi connectivity index (χ3n) is 3.07. The normalized spacial score (nSPS) is 18.3. The second kappa shape index (κ2) is 4.66. The van der Waals surface area contributed by atoms with Crippen LogP contribution in [0.1, 0.15) is 37.1 Å². The van der Waals surface area contributed by atoms with Crippen LogP contribution in [0.5, 0.6) is 0 Å². The average molecular weight is 273 g/mol. The Balaban J connectivity index is 2.27. The Morgan fingerprint density at radius 3 is 2.67 bits per heavy atom. The van der Waals surface area contributed by atoms with Crippen molar-refractivity contribution in [3.05, 3.63) is 15.9 Å². The van der Waals surface area contributed by atoms with Gasteiger partial charge in [-0.3, -0.25) is 4.68 Å². The fourth-order valence-electron chi connectivity index (χ4n) is 2.17. The highest BCUT2D eigenvalue weighted by Crippen LogP contribution is 2.33. The van der Waals surface area contributed by atoms with Crippen LogP contribution in [0, 0.1) is 0 Å². The molecule has 84 valence electrons. The molecule has 0 spiro atoms. The molecule has 0 amide bonds. The maximum absolute atomic E-state index is 5.37. The SMILES string of the molecule is CCc1c(Br)c(C2CCOCC2)nn1C. The van der Waals surface area contributed by atoms with Gasteiger partial charge in [-0.1, -0.05) is 6.92 Å². The number of hydrogen-bond donors (Lipinski definition) is 0. The summed E-state index contributed by atoms with van der Waals surface area (Å²) in [5.41, 5.74) is 2.51. The number of aryl methyl sites for hydroxylation is 1. The Kier molecular flexibility index (Phi) is 3.46. The minimum Gasteiger partial charge on any atom is -0.381 e. The first-order chi connectivity index (χ1) is 7.24. The summed E-state index contributed by atoms with van der Waals surface area (Å²) < 4.78 is 8.58. The highest BCUT2D eigenvalue weighted by molar-refractivity contribution is 9.10. The van der Waals surface area contributed by atoms with Gasteiger partial charge in [0.25, 0.3) is 0 Å². The van der Waals surface area contributed by atoms with Crippen LogP contribution >= 0.6 is 15.9 Å². The van der Waals surface area contributed by atoms with Crippen molar-refractivity contribution >= 4 is 15.9 Å². The van der Waals surface area contributed by atoms with Gasteiger partial charge in [-0.25, -0.2) is 0 Å². The summed E-state index contributed by atoms with van der Waals surface area (Å²) in [6.45, 7) is 3.90. The maximum Gasteiger partial charge on any atom is 0.0802 e. The van der Waals surface area contributed by atoms with Crippen molar-refractivity contribution in [1.29, 1.82) is 0 Å². The molecule has 1 fully saturated rings. The van der Waals surface area contributed by atoms with E-state index >= 15 is 0 Å². The average Bonchev–Trinajstić information content (AvgIpc) is 2.55. The summed E-state index contributed by atoms with van der Waals surface area (Å²) in [4.78, 5) is 0. The zero-order valence-electron chi connectivity index (χ0n) is 9.29. The Bertz CT molecular complexity index is 343. The Hall–Kier alpha value is -0.350. The molecule has 0 aliphatic carbocycles. The van der Waals surface area contributed by atoms with Gasteiger partial charge in [0.05, 0.1) is 15.9 Å². The van der Waals surface area contributed by atoms with Gasteiger partial charge in [0.1, 0.15) is 0 Å². The first-order valence-corrected chi connectivity index (χ1v) is 6.32. The maximum atomic E-state index is 5.37. The lowest BCUT2D eigenvalue weighted by molar-refractivity contribution is 0.0842. The fraction of sp³-hybridized carbons (Fsp3) is 0.727. The smallest absolute Gasteiger partial charge is 0.0802 e. The van der Waals surface area contributed by atoms with Crippen molar-refractivity contribution in [2.45, 2.75) is 32.1 Å². The molecule has 1 aromatic rings. The van der Waals surface area contributed by atoms with E-state index in [1.165, 1.54) is 15.9 Å². The molecule has 1 aromatic heterocycles. The van der Waals surface area contributed by atoms with Crippen LogP contribution in [0.25, 0.3) is 0 Å². The quantitative estimate of drug-likeness (QED) is 0.828. The summed E-state index contributed by atoms with van der Waals surface area (Å²) in [5.74, 6) is 0.569. The number of nitrogens with zero attached hydrogens (tertiary/aromatic N) is 2. The van der Waals surface area contributed by atoms with Gasteiger partial charge in [0.2, 0.25) is 0 Å². The molecule has 0 radical (unpaired) electrons. The molecule has 0 saturated carbocycles. The second-order valence-electron chi connectivity index (χ2n) is 4.01. The van der Waals surface area contributed by atoms with Crippen LogP contribution in [-0.4, -0.2) is 23.0 Å². The van der Waals surface area contributed by atoms with Crippen LogP contribution in [0.15, 0.2) is 4.47 Å². The highest BCUT2D eigenvalue weighted by atomic mass is 79.9. The van der Waals surface area contributed by atoms with Gasteiger partial charge < -0.3 is 4.74 Å². The standard InChI is InChI=1S/C11H17BrN2O/c1-3-9-10(12)11(13-14(9)2)8-4-6-15-7-5-8/h8H,3-7H2,1-2H3. The van der Waals surface area contributed by atoms with Crippen LogP contribution in [0.2, 0.25) is 0 Å². The predicted molar refractivity (Wildman–Crippen MR) is 63.1 cm³/mol. The summed E-state index contributed by atoms with van der Waals surface area (Å²) in [5, 5.41) is 4.62. The van der Waals surface area contributed by atoms with Gasteiger partial charge in [0.15, 0.2) is 0 Å². The van der Waals surface area contributed by atoms with E-state index in [-0.39, 0.29) is 0 Å². The third kappa shape index (κ3) is 2.11. The van der Waals surface area contributed by atoms with E-state index in [0.29, 0.717) is 5.92 Å². The molecular formula is C11H17BrN2O. The van der Waals surface area contributed by atoms with E-state index in [9.17, 15) is 0 Å². The zero-order chi connectivity index (χ0) is 10.8. The second-order valence-corrected chi connectivity index (χ2v) is 4.80. The first kappa shape index (κ1) is 11.1. The molecule has 1 aliphatic heterocycles. The monoisotopic (exact) mass is 272 g/mol. The summed E-state index contributed by atoms with van der Waals surface area (Å²) >= 11 is 3.67. The minimum absolute atomic E-state index is 0.569. The molecule has 3 nitrogen and oxygen atoms in total. The molecule has 4 heteroatoms. The van der Waals surface area contributed by atoms with E-state index in [0.717, 1.165) is 32.5 Å². The van der Waals surface area contributed by atoms with Gasteiger partial charge in [-0.2, -0.15) is 5.10 Å². The molecule has 1 saturated heterocycles. The van der Waals surface area contributed by atoms with Crippen molar-refractivity contribution in [2.24, 2.45) is 7.05 Å².